The maximum absolute atomic E-state index is 14.2. The van der Waals surface area contributed by atoms with Crippen molar-refractivity contribution in [3.05, 3.63) is 40.5 Å². The fourth-order valence-electron chi connectivity index (χ4n) is 4.52. The highest BCUT2D eigenvalue weighted by atomic mass is 32.1. The number of halogens is 1. The van der Waals surface area contributed by atoms with Gasteiger partial charge in [-0.15, -0.1) is 16.4 Å². The molecule has 0 unspecified atom stereocenters. The third-order valence-electron chi connectivity index (χ3n) is 6.58. The van der Waals surface area contributed by atoms with Crippen molar-refractivity contribution < 1.29 is 23.0 Å². The Morgan fingerprint density at radius 3 is 2.75 bits per heavy atom. The Balaban J connectivity index is 1.23. The summed E-state index contributed by atoms with van der Waals surface area (Å²) in [6.07, 6.45) is 4.65. The molecule has 4 aromatic heterocycles. The van der Waals surface area contributed by atoms with E-state index in [1.54, 1.807) is 43.2 Å². The molecule has 1 aliphatic carbocycles. The van der Waals surface area contributed by atoms with E-state index in [-0.39, 0.29) is 0 Å². The summed E-state index contributed by atoms with van der Waals surface area (Å²) in [6.45, 7) is 2.01. The molecule has 11 heteroatoms. The number of aromatic nitrogens is 4. The Morgan fingerprint density at radius 2 is 2.00 bits per heavy atom. The number of benzene rings is 1. The Hall–Kier alpha value is -3.18. The van der Waals surface area contributed by atoms with E-state index in [4.69, 9.17) is 23.6 Å². The summed E-state index contributed by atoms with van der Waals surface area (Å²) in [5, 5.41) is 8.77. The van der Waals surface area contributed by atoms with Crippen molar-refractivity contribution in [1.82, 2.24) is 19.6 Å². The predicted octanol–water partition coefficient (Wildman–Crippen LogP) is 6.64. The zero-order valence-electron chi connectivity index (χ0n) is 20.1. The van der Waals surface area contributed by atoms with E-state index in [0.717, 1.165) is 28.9 Å². The van der Waals surface area contributed by atoms with Crippen LogP contribution in [0.1, 0.15) is 49.2 Å². The predicted molar refractivity (Wildman–Crippen MR) is 136 cm³/mol. The van der Waals surface area contributed by atoms with Crippen molar-refractivity contribution in [3.63, 3.8) is 0 Å². The van der Waals surface area contributed by atoms with Crippen LogP contribution in [-0.4, -0.2) is 39.5 Å². The van der Waals surface area contributed by atoms with Crippen LogP contribution in [0.3, 0.4) is 0 Å². The third kappa shape index (κ3) is 4.41. The number of ether oxygens (including phenoxy) is 3. The van der Waals surface area contributed by atoms with Crippen LogP contribution in [0, 0.1) is 0 Å². The summed E-state index contributed by atoms with van der Waals surface area (Å²) < 4.78 is 38.8. The zero-order chi connectivity index (χ0) is 24.9. The number of alkyl halides is 1. The van der Waals surface area contributed by atoms with Gasteiger partial charge in [0.05, 0.1) is 36.5 Å². The number of nitrogens with zero attached hydrogens (tertiary/aromatic N) is 4. The van der Waals surface area contributed by atoms with Gasteiger partial charge < -0.3 is 18.6 Å². The first kappa shape index (κ1) is 23.2. The van der Waals surface area contributed by atoms with Crippen LogP contribution in [0.25, 0.3) is 27.4 Å². The molecule has 36 heavy (non-hydrogen) atoms. The van der Waals surface area contributed by atoms with Crippen molar-refractivity contribution in [2.45, 2.75) is 50.8 Å². The van der Waals surface area contributed by atoms with E-state index in [2.05, 4.69) is 10.1 Å². The molecule has 0 N–H and O–H groups in total. The molecule has 1 fully saturated rings. The number of hydrogen-bond donors (Lipinski definition) is 0. The average Bonchev–Trinajstić information content (AvgIpc) is 3.64. The van der Waals surface area contributed by atoms with E-state index >= 15 is 0 Å². The smallest absolute Gasteiger partial charge is 0.294 e. The van der Waals surface area contributed by atoms with Crippen LogP contribution in [-0.2, 0) is 6.61 Å². The molecule has 0 atom stereocenters. The third-order valence-corrected chi connectivity index (χ3v) is 8.52. The summed E-state index contributed by atoms with van der Waals surface area (Å²) in [4.78, 5) is 10.1. The van der Waals surface area contributed by atoms with Gasteiger partial charge in [-0.3, -0.25) is 0 Å². The first-order chi connectivity index (χ1) is 17.4. The van der Waals surface area contributed by atoms with Gasteiger partial charge in [-0.05, 0) is 50.0 Å². The molecule has 0 saturated heterocycles. The normalized spacial score (nSPS) is 20.3. The molecule has 5 aromatic rings. The lowest BCUT2D eigenvalue weighted by Gasteiger charge is -2.29. The van der Waals surface area contributed by atoms with Gasteiger partial charge in [-0.1, -0.05) is 0 Å². The molecule has 6 rings (SSSR count). The lowest BCUT2D eigenvalue weighted by molar-refractivity contribution is 0.120. The van der Waals surface area contributed by atoms with E-state index in [0.29, 0.717) is 64.1 Å². The van der Waals surface area contributed by atoms with Crippen LogP contribution in [0.4, 0.5) is 4.39 Å². The highest BCUT2D eigenvalue weighted by Crippen LogP contribution is 2.41. The topological polar surface area (TPSA) is 83.9 Å². The number of imidazole rings is 1. The van der Waals surface area contributed by atoms with Crippen LogP contribution in [0.5, 0.6) is 16.7 Å². The van der Waals surface area contributed by atoms with Gasteiger partial charge in [0.25, 0.3) is 5.19 Å². The molecule has 188 valence electrons. The molecule has 0 bridgehead atoms. The zero-order valence-corrected chi connectivity index (χ0v) is 21.7. The molecule has 0 spiro atoms. The number of rotatable bonds is 7. The molecule has 1 aromatic carbocycles. The van der Waals surface area contributed by atoms with Gasteiger partial charge in [-0.25, -0.2) is 18.9 Å². The van der Waals surface area contributed by atoms with Gasteiger partial charge in [0.2, 0.25) is 4.96 Å². The molecule has 1 saturated carbocycles. The van der Waals surface area contributed by atoms with Gasteiger partial charge in [-0.2, -0.15) is 0 Å². The summed E-state index contributed by atoms with van der Waals surface area (Å²) >= 11 is 2.98. The first-order valence-electron chi connectivity index (χ1n) is 11.7. The Morgan fingerprint density at radius 1 is 1.17 bits per heavy atom. The molecule has 0 aliphatic heterocycles. The molecule has 0 radical (unpaired) electrons. The summed E-state index contributed by atoms with van der Waals surface area (Å²) in [5.74, 6) is 2.20. The van der Waals surface area contributed by atoms with E-state index in [9.17, 15) is 4.39 Å². The highest BCUT2D eigenvalue weighted by molar-refractivity contribution is 7.18. The van der Waals surface area contributed by atoms with Crippen molar-refractivity contribution >= 4 is 38.6 Å². The van der Waals surface area contributed by atoms with Gasteiger partial charge in [0.15, 0.2) is 5.76 Å². The molecule has 8 nitrogen and oxygen atoms in total. The summed E-state index contributed by atoms with van der Waals surface area (Å²) in [5.41, 5.74) is 1.11. The Labute approximate surface area is 214 Å². The van der Waals surface area contributed by atoms with E-state index in [1.807, 2.05) is 23.6 Å². The number of hydrogen-bond acceptors (Lipinski definition) is 9. The highest BCUT2D eigenvalue weighted by Gasteiger charge is 2.32. The summed E-state index contributed by atoms with van der Waals surface area (Å²) in [7, 11) is 3.19. The van der Waals surface area contributed by atoms with Crippen molar-refractivity contribution in [1.29, 1.82) is 0 Å². The second-order valence-corrected chi connectivity index (χ2v) is 11.0. The van der Waals surface area contributed by atoms with Crippen LogP contribution >= 0.6 is 22.7 Å². The Bertz CT molecular complexity index is 1490. The maximum atomic E-state index is 14.2. The minimum absolute atomic E-state index is 0.316. The average molecular weight is 529 g/mol. The molecule has 4 heterocycles. The maximum Gasteiger partial charge on any atom is 0.294 e. The van der Waals surface area contributed by atoms with Crippen molar-refractivity contribution in [2.24, 2.45) is 0 Å². The minimum atomic E-state index is -1.05. The van der Waals surface area contributed by atoms with E-state index in [1.165, 1.54) is 11.3 Å². The second kappa shape index (κ2) is 9.04. The molecular formula is C25H25FN4O4S2. The van der Waals surface area contributed by atoms with Gasteiger partial charge in [0.1, 0.15) is 35.1 Å². The van der Waals surface area contributed by atoms with Crippen LogP contribution in [0.15, 0.2) is 34.2 Å². The summed E-state index contributed by atoms with van der Waals surface area (Å²) in [6, 6.07) is 5.58. The molecular weight excluding hydrogens is 503 g/mol. The molecule has 1 aliphatic rings. The number of methoxy groups -OCH3 is 2. The number of fused-ring (bicyclic) bond motifs is 2. The first-order valence-corrected chi connectivity index (χ1v) is 13.4. The fraction of sp³-hybridized carbons (Fsp3) is 0.400. The quantitative estimate of drug-likeness (QED) is 0.234. The second-order valence-electron chi connectivity index (χ2n) is 9.23. The van der Waals surface area contributed by atoms with Crippen molar-refractivity contribution in [2.75, 3.05) is 14.2 Å². The van der Waals surface area contributed by atoms with Crippen LogP contribution < -0.4 is 14.2 Å². The minimum Gasteiger partial charge on any atom is -0.496 e. The standard InChI is InChI=1S/C25H25FN4O4S2/c1-25(26)6-4-14(5-7-25)22-27-15(13-35-22)12-33-19-8-16(31-2)9-20-17(19)10-21(34-20)18-11-30-23(28-18)36-24(29-30)32-3/h8-11,13-14H,4-7,12H2,1-3H3. The lowest BCUT2D eigenvalue weighted by Crippen LogP contribution is -2.25. The number of thiazole rings is 1. The van der Waals surface area contributed by atoms with E-state index < -0.39 is 5.67 Å². The fourth-order valence-corrected chi connectivity index (χ4v) is 6.20. The largest absolute Gasteiger partial charge is 0.496 e. The number of furan rings is 1. The van der Waals surface area contributed by atoms with Crippen LogP contribution in [0.2, 0.25) is 0 Å². The Kier molecular flexibility index (Phi) is 5.83. The monoisotopic (exact) mass is 528 g/mol. The lowest BCUT2D eigenvalue weighted by atomic mass is 9.81. The SMILES string of the molecule is COc1cc(OCc2csc(C3CCC(C)(F)CC3)n2)c2cc(-c3cn4nc(OC)sc4n3)oc2c1. The van der Waals surface area contributed by atoms with Crippen molar-refractivity contribution in [3.8, 4) is 28.1 Å². The van der Waals surface area contributed by atoms with Gasteiger partial charge >= 0.3 is 0 Å². The molecule has 0 amide bonds. The van der Waals surface area contributed by atoms with Gasteiger partial charge in [0, 0.05) is 23.4 Å².